The predicted octanol–water partition coefficient (Wildman–Crippen LogP) is 3.22. The summed E-state index contributed by atoms with van der Waals surface area (Å²) in [6, 6.07) is 14.4. The van der Waals surface area contributed by atoms with Crippen LogP contribution in [-0.2, 0) is 16.1 Å². The van der Waals surface area contributed by atoms with E-state index in [9.17, 15) is 14.0 Å². The fourth-order valence-corrected chi connectivity index (χ4v) is 4.04. The number of fused-ring (bicyclic) bond motifs is 1. The largest absolute Gasteiger partial charge is 0.481 e. The van der Waals surface area contributed by atoms with Gasteiger partial charge in [0.15, 0.2) is 5.17 Å². The summed E-state index contributed by atoms with van der Waals surface area (Å²) in [6.45, 7) is 0.409. The lowest BCUT2D eigenvalue weighted by Crippen LogP contribution is -2.26. The number of benzene rings is 2. The molecule has 1 fully saturated rings. The van der Waals surface area contributed by atoms with Crippen LogP contribution in [0.5, 0.6) is 0 Å². The summed E-state index contributed by atoms with van der Waals surface area (Å²) in [5, 5.41) is 19.9. The van der Waals surface area contributed by atoms with Gasteiger partial charge in [0, 0.05) is 17.3 Å². The number of carboxylic acid groups (broad SMARTS) is 1. The van der Waals surface area contributed by atoms with Crippen LogP contribution in [0.4, 0.5) is 4.39 Å². The molecule has 0 radical (unpaired) electrons. The van der Waals surface area contributed by atoms with Crippen molar-refractivity contribution in [3.8, 4) is 0 Å². The van der Waals surface area contributed by atoms with Crippen molar-refractivity contribution in [1.29, 1.82) is 0 Å². The molecule has 1 aliphatic heterocycles. The minimum Gasteiger partial charge on any atom is -0.481 e. The Labute approximate surface area is 175 Å². The van der Waals surface area contributed by atoms with Crippen molar-refractivity contribution in [2.24, 2.45) is 10.2 Å². The highest BCUT2D eigenvalue weighted by atomic mass is 32.2. The van der Waals surface area contributed by atoms with Gasteiger partial charge in [0.2, 0.25) is 5.91 Å². The summed E-state index contributed by atoms with van der Waals surface area (Å²) < 4.78 is 15.9. The van der Waals surface area contributed by atoms with Crippen molar-refractivity contribution in [2.45, 2.75) is 18.2 Å². The van der Waals surface area contributed by atoms with Gasteiger partial charge < -0.3 is 15.0 Å². The molecule has 2 N–H and O–H groups in total. The lowest BCUT2D eigenvalue weighted by atomic mass is 10.1. The van der Waals surface area contributed by atoms with E-state index in [-0.39, 0.29) is 23.3 Å². The molecule has 1 atom stereocenters. The van der Waals surface area contributed by atoms with E-state index in [1.807, 2.05) is 41.1 Å². The van der Waals surface area contributed by atoms with Gasteiger partial charge in [-0.05, 0) is 29.1 Å². The number of carbonyl (C=O) groups is 2. The van der Waals surface area contributed by atoms with Gasteiger partial charge >= 0.3 is 5.97 Å². The molecule has 0 saturated carbocycles. The van der Waals surface area contributed by atoms with E-state index in [0.717, 1.165) is 28.2 Å². The summed E-state index contributed by atoms with van der Waals surface area (Å²) in [4.78, 5) is 22.5. The first kappa shape index (κ1) is 19.8. The SMILES string of the molecule is O=C(O)CC1SC(=NN=Cc2ccc3ccn(Cc4ccccc4F)c3c2)NC1=O. The quantitative estimate of drug-likeness (QED) is 0.469. The summed E-state index contributed by atoms with van der Waals surface area (Å²) >= 11 is 1.05. The van der Waals surface area contributed by atoms with Crippen LogP contribution in [0.1, 0.15) is 17.5 Å². The van der Waals surface area contributed by atoms with Crippen molar-refractivity contribution in [3.63, 3.8) is 0 Å². The standard InChI is InChI=1S/C21H17FN4O3S/c22-16-4-2-1-3-15(16)12-26-8-7-14-6-5-13(9-17(14)26)11-23-25-21-24-20(29)18(30-21)10-19(27)28/h1-9,11,18H,10,12H2,(H,27,28)(H,24,25,29). The van der Waals surface area contributed by atoms with Crippen LogP contribution in [0.25, 0.3) is 10.9 Å². The van der Waals surface area contributed by atoms with E-state index in [4.69, 9.17) is 5.11 Å². The molecule has 30 heavy (non-hydrogen) atoms. The van der Waals surface area contributed by atoms with Crippen molar-refractivity contribution in [2.75, 3.05) is 0 Å². The number of nitrogens with one attached hydrogen (secondary N) is 1. The van der Waals surface area contributed by atoms with E-state index in [1.54, 1.807) is 18.3 Å². The number of carbonyl (C=O) groups excluding carboxylic acids is 1. The molecular weight excluding hydrogens is 407 g/mol. The van der Waals surface area contributed by atoms with Gasteiger partial charge in [-0.3, -0.25) is 9.59 Å². The van der Waals surface area contributed by atoms with Crippen LogP contribution in [-0.4, -0.2) is 38.2 Å². The van der Waals surface area contributed by atoms with Gasteiger partial charge in [-0.15, -0.1) is 5.10 Å². The Morgan fingerprint density at radius 1 is 1.27 bits per heavy atom. The van der Waals surface area contributed by atoms with E-state index in [0.29, 0.717) is 12.1 Å². The molecule has 152 valence electrons. The minimum absolute atomic E-state index is 0.245. The molecule has 9 heteroatoms. The summed E-state index contributed by atoms with van der Waals surface area (Å²) in [5.74, 6) is -1.67. The van der Waals surface area contributed by atoms with E-state index in [1.165, 1.54) is 6.07 Å². The summed E-state index contributed by atoms with van der Waals surface area (Å²) in [7, 11) is 0. The maximum Gasteiger partial charge on any atom is 0.305 e. The van der Waals surface area contributed by atoms with Crippen LogP contribution in [0.3, 0.4) is 0 Å². The minimum atomic E-state index is -1.04. The van der Waals surface area contributed by atoms with Gasteiger partial charge in [0.1, 0.15) is 11.1 Å². The maximum absolute atomic E-state index is 14.0. The molecule has 1 aliphatic rings. The number of aliphatic carboxylic acids is 1. The third-order valence-corrected chi connectivity index (χ3v) is 5.66. The second-order valence-corrected chi connectivity index (χ2v) is 7.89. The zero-order valence-electron chi connectivity index (χ0n) is 15.7. The first-order valence-electron chi connectivity index (χ1n) is 9.12. The average Bonchev–Trinajstić information content (AvgIpc) is 3.26. The van der Waals surface area contributed by atoms with Gasteiger partial charge in [-0.1, -0.05) is 42.1 Å². The number of hydrogen-bond acceptors (Lipinski definition) is 5. The first-order valence-corrected chi connectivity index (χ1v) is 10.0. The highest BCUT2D eigenvalue weighted by Gasteiger charge is 2.32. The lowest BCUT2D eigenvalue weighted by molar-refractivity contribution is -0.138. The molecule has 0 aliphatic carbocycles. The van der Waals surface area contributed by atoms with E-state index >= 15 is 0 Å². The number of hydrogen-bond donors (Lipinski definition) is 2. The monoisotopic (exact) mass is 424 g/mol. The third kappa shape index (κ3) is 4.41. The molecule has 0 spiro atoms. The van der Waals surface area contributed by atoms with Gasteiger partial charge in [-0.2, -0.15) is 5.10 Å². The van der Waals surface area contributed by atoms with Crippen LogP contribution in [0, 0.1) is 5.82 Å². The van der Waals surface area contributed by atoms with Crippen LogP contribution >= 0.6 is 11.8 Å². The first-order chi connectivity index (χ1) is 14.5. The Hall–Kier alpha value is -3.46. The highest BCUT2D eigenvalue weighted by Crippen LogP contribution is 2.23. The normalized spacial score (nSPS) is 17.8. The zero-order chi connectivity index (χ0) is 21.1. The molecule has 1 amide bonds. The number of nitrogens with zero attached hydrogens (tertiary/aromatic N) is 3. The zero-order valence-corrected chi connectivity index (χ0v) is 16.5. The molecule has 1 aromatic heterocycles. The Balaban J connectivity index is 1.51. The van der Waals surface area contributed by atoms with E-state index in [2.05, 4.69) is 15.5 Å². The maximum atomic E-state index is 14.0. The Morgan fingerprint density at radius 3 is 2.90 bits per heavy atom. The Morgan fingerprint density at radius 2 is 2.10 bits per heavy atom. The number of rotatable bonds is 6. The van der Waals surface area contributed by atoms with Crippen molar-refractivity contribution in [1.82, 2.24) is 9.88 Å². The van der Waals surface area contributed by atoms with Crippen LogP contribution < -0.4 is 5.32 Å². The molecule has 1 unspecified atom stereocenters. The molecule has 2 heterocycles. The number of thioether (sulfide) groups is 1. The van der Waals surface area contributed by atoms with Gasteiger partial charge in [0.05, 0.1) is 19.2 Å². The van der Waals surface area contributed by atoms with E-state index < -0.39 is 11.2 Å². The van der Waals surface area contributed by atoms with Crippen molar-refractivity contribution in [3.05, 3.63) is 71.7 Å². The molecular formula is C21H17FN4O3S. The average molecular weight is 424 g/mol. The number of halogens is 1. The highest BCUT2D eigenvalue weighted by molar-refractivity contribution is 8.15. The van der Waals surface area contributed by atoms with Crippen molar-refractivity contribution >= 4 is 45.9 Å². The molecule has 7 nitrogen and oxygen atoms in total. The third-order valence-electron chi connectivity index (χ3n) is 4.59. The molecule has 2 aromatic carbocycles. The predicted molar refractivity (Wildman–Crippen MR) is 114 cm³/mol. The summed E-state index contributed by atoms with van der Waals surface area (Å²) in [6.07, 6.45) is 3.19. The second-order valence-electron chi connectivity index (χ2n) is 6.70. The number of aromatic nitrogens is 1. The molecule has 3 aromatic rings. The number of amidine groups is 1. The Bertz CT molecular complexity index is 1190. The second kappa shape index (κ2) is 8.50. The smallest absolute Gasteiger partial charge is 0.305 e. The molecule has 1 saturated heterocycles. The van der Waals surface area contributed by atoms with Crippen molar-refractivity contribution < 1.29 is 19.1 Å². The fourth-order valence-electron chi connectivity index (χ4n) is 3.12. The van der Waals surface area contributed by atoms with Crippen LogP contribution in [0.2, 0.25) is 0 Å². The van der Waals surface area contributed by atoms with Gasteiger partial charge in [0.25, 0.3) is 0 Å². The molecule has 4 rings (SSSR count). The van der Waals surface area contributed by atoms with Gasteiger partial charge in [-0.25, -0.2) is 4.39 Å². The lowest BCUT2D eigenvalue weighted by Gasteiger charge is -2.07. The van der Waals surface area contributed by atoms with Crippen LogP contribution in [0.15, 0.2) is 64.9 Å². The summed E-state index contributed by atoms with van der Waals surface area (Å²) in [5.41, 5.74) is 2.32. The number of amides is 1. The fraction of sp³-hybridized carbons (Fsp3) is 0.143. The topological polar surface area (TPSA) is 96.0 Å². The Kier molecular flexibility index (Phi) is 5.62. The number of carboxylic acids is 1. The molecule has 0 bridgehead atoms.